The van der Waals surface area contributed by atoms with Crippen molar-refractivity contribution in [2.75, 3.05) is 19.6 Å². The van der Waals surface area contributed by atoms with Gasteiger partial charge in [0.2, 0.25) is 5.91 Å². The standard InChI is InChI=1S/C13H28N2O/c1-5-9-15(10-6-2)11-8-13(16)14-12(4)7-3/h12H,5-11H2,1-4H3,(H,14,16). The largest absolute Gasteiger partial charge is 0.354 e. The fraction of sp³-hybridized carbons (Fsp3) is 0.923. The predicted octanol–water partition coefficient (Wildman–Crippen LogP) is 2.41. The number of rotatable bonds is 9. The molecule has 1 unspecified atom stereocenters. The first kappa shape index (κ1) is 15.4. The smallest absolute Gasteiger partial charge is 0.221 e. The van der Waals surface area contributed by atoms with Gasteiger partial charge in [-0.25, -0.2) is 0 Å². The zero-order valence-corrected chi connectivity index (χ0v) is 11.4. The first-order valence-electron chi connectivity index (χ1n) is 6.65. The second-order valence-electron chi connectivity index (χ2n) is 4.47. The number of hydrogen-bond donors (Lipinski definition) is 1. The van der Waals surface area contributed by atoms with Gasteiger partial charge in [0.15, 0.2) is 0 Å². The van der Waals surface area contributed by atoms with E-state index in [-0.39, 0.29) is 5.91 Å². The van der Waals surface area contributed by atoms with Crippen molar-refractivity contribution in [3.05, 3.63) is 0 Å². The normalized spacial score (nSPS) is 12.8. The van der Waals surface area contributed by atoms with E-state index in [9.17, 15) is 4.79 Å². The molecule has 0 fully saturated rings. The molecule has 0 heterocycles. The minimum Gasteiger partial charge on any atom is -0.354 e. The fourth-order valence-corrected chi connectivity index (χ4v) is 1.68. The first-order valence-corrected chi connectivity index (χ1v) is 6.65. The highest BCUT2D eigenvalue weighted by Gasteiger charge is 2.08. The summed E-state index contributed by atoms with van der Waals surface area (Å²) in [5, 5.41) is 3.00. The summed E-state index contributed by atoms with van der Waals surface area (Å²) in [7, 11) is 0. The van der Waals surface area contributed by atoms with E-state index < -0.39 is 0 Å². The van der Waals surface area contributed by atoms with Crippen LogP contribution in [0.5, 0.6) is 0 Å². The lowest BCUT2D eigenvalue weighted by molar-refractivity contribution is -0.122. The Morgan fingerprint density at radius 3 is 2.12 bits per heavy atom. The molecule has 0 saturated carbocycles. The van der Waals surface area contributed by atoms with E-state index in [0.29, 0.717) is 12.5 Å². The maximum atomic E-state index is 11.6. The van der Waals surface area contributed by atoms with Crippen LogP contribution in [-0.4, -0.2) is 36.5 Å². The maximum Gasteiger partial charge on any atom is 0.221 e. The Morgan fingerprint density at radius 2 is 1.69 bits per heavy atom. The molecule has 0 aromatic rings. The fourth-order valence-electron chi connectivity index (χ4n) is 1.68. The molecule has 16 heavy (non-hydrogen) atoms. The third-order valence-corrected chi connectivity index (χ3v) is 2.75. The quantitative estimate of drug-likeness (QED) is 0.657. The molecule has 0 bridgehead atoms. The van der Waals surface area contributed by atoms with Crippen molar-refractivity contribution in [1.82, 2.24) is 10.2 Å². The van der Waals surface area contributed by atoms with Gasteiger partial charge in [0, 0.05) is 19.0 Å². The number of hydrogen-bond acceptors (Lipinski definition) is 2. The van der Waals surface area contributed by atoms with Gasteiger partial charge in [0.25, 0.3) is 0 Å². The van der Waals surface area contributed by atoms with E-state index in [1.807, 2.05) is 6.92 Å². The van der Waals surface area contributed by atoms with Gasteiger partial charge in [0.05, 0.1) is 0 Å². The molecule has 0 aromatic heterocycles. The van der Waals surface area contributed by atoms with Gasteiger partial charge < -0.3 is 10.2 Å². The highest BCUT2D eigenvalue weighted by Crippen LogP contribution is 1.97. The lowest BCUT2D eigenvalue weighted by atomic mass is 10.2. The van der Waals surface area contributed by atoms with E-state index in [1.54, 1.807) is 0 Å². The topological polar surface area (TPSA) is 32.3 Å². The van der Waals surface area contributed by atoms with Gasteiger partial charge >= 0.3 is 0 Å². The number of carbonyl (C=O) groups excluding carboxylic acids is 1. The number of amides is 1. The van der Waals surface area contributed by atoms with E-state index in [2.05, 4.69) is 31.0 Å². The summed E-state index contributed by atoms with van der Waals surface area (Å²) in [4.78, 5) is 14.0. The Labute approximate surface area is 101 Å². The summed E-state index contributed by atoms with van der Waals surface area (Å²) in [6, 6.07) is 0.304. The highest BCUT2D eigenvalue weighted by molar-refractivity contribution is 5.76. The average molecular weight is 228 g/mol. The van der Waals surface area contributed by atoms with Crippen LogP contribution in [0.1, 0.15) is 53.4 Å². The highest BCUT2D eigenvalue weighted by atomic mass is 16.1. The van der Waals surface area contributed by atoms with Gasteiger partial charge in [-0.05, 0) is 39.3 Å². The third-order valence-electron chi connectivity index (χ3n) is 2.75. The van der Waals surface area contributed by atoms with Crippen molar-refractivity contribution < 1.29 is 4.79 Å². The monoisotopic (exact) mass is 228 g/mol. The molecular formula is C13H28N2O. The molecule has 0 aliphatic carbocycles. The minimum absolute atomic E-state index is 0.187. The molecule has 1 atom stereocenters. The SMILES string of the molecule is CCCN(CCC)CCC(=O)NC(C)CC. The predicted molar refractivity (Wildman–Crippen MR) is 69.5 cm³/mol. The summed E-state index contributed by atoms with van der Waals surface area (Å²) in [5.74, 6) is 0.187. The van der Waals surface area contributed by atoms with Crippen molar-refractivity contribution in [2.45, 2.75) is 59.4 Å². The summed E-state index contributed by atoms with van der Waals surface area (Å²) < 4.78 is 0. The molecule has 0 radical (unpaired) electrons. The Hall–Kier alpha value is -0.570. The Bertz CT molecular complexity index is 177. The zero-order valence-electron chi connectivity index (χ0n) is 11.4. The van der Waals surface area contributed by atoms with Crippen molar-refractivity contribution in [1.29, 1.82) is 0 Å². The van der Waals surface area contributed by atoms with Crippen LogP contribution < -0.4 is 5.32 Å². The van der Waals surface area contributed by atoms with Gasteiger partial charge in [-0.1, -0.05) is 20.8 Å². The number of nitrogens with one attached hydrogen (secondary N) is 1. The minimum atomic E-state index is 0.187. The number of carbonyl (C=O) groups is 1. The van der Waals surface area contributed by atoms with Crippen LogP contribution >= 0.6 is 0 Å². The maximum absolute atomic E-state index is 11.6. The molecule has 96 valence electrons. The van der Waals surface area contributed by atoms with Crippen molar-refractivity contribution in [3.63, 3.8) is 0 Å². The molecule has 0 aromatic carbocycles. The molecular weight excluding hydrogens is 200 g/mol. The molecule has 1 amide bonds. The molecule has 3 nitrogen and oxygen atoms in total. The molecule has 3 heteroatoms. The lowest BCUT2D eigenvalue weighted by Crippen LogP contribution is -2.35. The number of nitrogens with zero attached hydrogens (tertiary/aromatic N) is 1. The summed E-state index contributed by atoms with van der Waals surface area (Å²) in [6.45, 7) is 11.6. The average Bonchev–Trinajstić information content (AvgIpc) is 2.26. The van der Waals surface area contributed by atoms with Gasteiger partial charge in [-0.15, -0.1) is 0 Å². The lowest BCUT2D eigenvalue weighted by Gasteiger charge is -2.21. The van der Waals surface area contributed by atoms with Crippen LogP contribution in [-0.2, 0) is 4.79 Å². The molecule has 0 spiro atoms. The van der Waals surface area contributed by atoms with E-state index in [0.717, 1.165) is 38.9 Å². The third kappa shape index (κ3) is 7.69. The van der Waals surface area contributed by atoms with Crippen molar-refractivity contribution in [3.8, 4) is 0 Å². The summed E-state index contributed by atoms with van der Waals surface area (Å²) in [6.07, 6.45) is 3.95. The second kappa shape index (κ2) is 9.64. The van der Waals surface area contributed by atoms with Crippen LogP contribution in [0.3, 0.4) is 0 Å². The van der Waals surface area contributed by atoms with Crippen LogP contribution in [0.2, 0.25) is 0 Å². The summed E-state index contributed by atoms with van der Waals surface area (Å²) >= 11 is 0. The second-order valence-corrected chi connectivity index (χ2v) is 4.47. The van der Waals surface area contributed by atoms with Crippen molar-refractivity contribution in [2.24, 2.45) is 0 Å². The van der Waals surface area contributed by atoms with Gasteiger partial charge in [-0.3, -0.25) is 4.79 Å². The Morgan fingerprint density at radius 1 is 1.12 bits per heavy atom. The van der Waals surface area contributed by atoms with Crippen LogP contribution in [0.15, 0.2) is 0 Å². The zero-order chi connectivity index (χ0) is 12.4. The van der Waals surface area contributed by atoms with E-state index >= 15 is 0 Å². The summed E-state index contributed by atoms with van der Waals surface area (Å²) in [5.41, 5.74) is 0. The molecule has 0 saturated heterocycles. The molecule has 0 rings (SSSR count). The van der Waals surface area contributed by atoms with Gasteiger partial charge in [-0.2, -0.15) is 0 Å². The Kier molecular flexibility index (Phi) is 9.30. The first-order chi connectivity index (χ1) is 7.63. The van der Waals surface area contributed by atoms with Gasteiger partial charge in [0.1, 0.15) is 0 Å². The molecule has 1 N–H and O–H groups in total. The van der Waals surface area contributed by atoms with Crippen molar-refractivity contribution >= 4 is 5.91 Å². The Balaban J connectivity index is 3.77. The molecule has 0 aliphatic rings. The van der Waals surface area contributed by atoms with Crippen LogP contribution in [0.25, 0.3) is 0 Å². The van der Waals surface area contributed by atoms with Crippen LogP contribution in [0.4, 0.5) is 0 Å². The molecule has 0 aliphatic heterocycles. The van der Waals surface area contributed by atoms with E-state index in [1.165, 1.54) is 0 Å². The van der Waals surface area contributed by atoms with Crippen LogP contribution in [0, 0.1) is 0 Å². The van der Waals surface area contributed by atoms with E-state index in [4.69, 9.17) is 0 Å².